The minimum Gasteiger partial charge on any atom is -0.391 e. The van der Waals surface area contributed by atoms with Gasteiger partial charge < -0.3 is 21.1 Å². The predicted molar refractivity (Wildman–Crippen MR) is 153 cm³/mol. The largest absolute Gasteiger partial charge is 0.391 e. The summed E-state index contributed by atoms with van der Waals surface area (Å²) in [7, 11) is 0. The smallest absolute Gasteiger partial charge is 0.245 e. The summed E-state index contributed by atoms with van der Waals surface area (Å²) in [4.78, 5) is 39.1. The number of aliphatic hydroxyl groups is 1. The summed E-state index contributed by atoms with van der Waals surface area (Å²) < 4.78 is 0. The molecule has 206 valence electrons. The monoisotopic (exact) mass is 529 g/mol. The van der Waals surface area contributed by atoms with Crippen LogP contribution in [-0.4, -0.2) is 41.0 Å². The van der Waals surface area contributed by atoms with E-state index in [0.717, 1.165) is 27.8 Å². The molecule has 0 fully saturated rings. The molecule has 0 bridgehead atoms. The van der Waals surface area contributed by atoms with Gasteiger partial charge in [-0.1, -0.05) is 84.4 Å². The summed E-state index contributed by atoms with van der Waals surface area (Å²) in [6.45, 7) is 5.75. The summed E-state index contributed by atoms with van der Waals surface area (Å²) in [5.74, 6) is -1.27. The number of hydrogen-bond acceptors (Lipinski definition) is 4. The van der Waals surface area contributed by atoms with Gasteiger partial charge in [-0.15, -0.1) is 0 Å². The maximum absolute atomic E-state index is 13.2. The van der Waals surface area contributed by atoms with Gasteiger partial charge in [-0.3, -0.25) is 14.4 Å². The third-order valence-corrected chi connectivity index (χ3v) is 6.75. The first-order chi connectivity index (χ1) is 18.7. The fourth-order valence-corrected chi connectivity index (χ4v) is 4.29. The van der Waals surface area contributed by atoms with Gasteiger partial charge in [0.1, 0.15) is 12.1 Å². The van der Waals surface area contributed by atoms with Crippen LogP contribution in [0.2, 0.25) is 0 Å². The number of carbonyl (C=O) groups excluding carboxylic acids is 3. The van der Waals surface area contributed by atoms with Crippen LogP contribution in [0.1, 0.15) is 47.6 Å². The molecule has 0 aliphatic heterocycles. The molecule has 0 spiro atoms. The van der Waals surface area contributed by atoms with Crippen molar-refractivity contribution >= 4 is 17.7 Å². The van der Waals surface area contributed by atoms with Crippen LogP contribution in [0.25, 0.3) is 0 Å². The van der Waals surface area contributed by atoms with E-state index in [0.29, 0.717) is 25.8 Å². The number of rotatable bonds is 13. The zero-order valence-electron chi connectivity index (χ0n) is 22.9. The fourth-order valence-electron chi connectivity index (χ4n) is 4.29. The predicted octanol–water partition coefficient (Wildman–Crippen LogP) is 3.54. The highest BCUT2D eigenvalue weighted by molar-refractivity contribution is 5.92. The normalized spacial score (nSPS) is 13.1. The maximum Gasteiger partial charge on any atom is 0.245 e. The highest BCUT2D eigenvalue weighted by Crippen LogP contribution is 2.11. The van der Waals surface area contributed by atoms with Crippen LogP contribution in [-0.2, 0) is 33.8 Å². The molecule has 3 amide bonds. The molecule has 0 aliphatic carbocycles. The van der Waals surface area contributed by atoms with Crippen LogP contribution >= 0.6 is 0 Å². The lowest BCUT2D eigenvalue weighted by Crippen LogP contribution is -2.57. The Bertz CT molecular complexity index is 1230. The number of amides is 3. The van der Waals surface area contributed by atoms with E-state index in [4.69, 9.17) is 0 Å². The average Bonchev–Trinajstić information content (AvgIpc) is 2.93. The van der Waals surface area contributed by atoms with E-state index in [9.17, 15) is 19.5 Å². The Morgan fingerprint density at radius 3 is 2.10 bits per heavy atom. The second-order valence-electron chi connectivity index (χ2n) is 10.0. The van der Waals surface area contributed by atoms with Crippen LogP contribution < -0.4 is 16.0 Å². The summed E-state index contributed by atoms with van der Waals surface area (Å²) in [5.41, 5.74) is 5.26. The van der Waals surface area contributed by atoms with E-state index < -0.39 is 24.1 Å². The number of carbonyl (C=O) groups is 3. The molecule has 0 saturated carbocycles. The topological polar surface area (TPSA) is 108 Å². The van der Waals surface area contributed by atoms with Crippen molar-refractivity contribution in [1.29, 1.82) is 0 Å². The summed E-state index contributed by atoms with van der Waals surface area (Å²) >= 11 is 0. The van der Waals surface area contributed by atoms with E-state index in [1.807, 2.05) is 92.7 Å². The van der Waals surface area contributed by atoms with Gasteiger partial charge in [0.2, 0.25) is 17.7 Å². The van der Waals surface area contributed by atoms with Gasteiger partial charge in [0.05, 0.1) is 6.10 Å². The molecule has 0 aromatic heterocycles. The molecular formula is C32H39N3O4. The third kappa shape index (κ3) is 9.69. The highest BCUT2D eigenvalue weighted by Gasteiger charge is 2.29. The van der Waals surface area contributed by atoms with Crippen molar-refractivity contribution in [2.75, 3.05) is 0 Å². The van der Waals surface area contributed by atoms with Gasteiger partial charge in [-0.25, -0.2) is 0 Å². The molecule has 39 heavy (non-hydrogen) atoms. The van der Waals surface area contributed by atoms with Crippen LogP contribution in [0.5, 0.6) is 0 Å². The zero-order chi connectivity index (χ0) is 28.2. The Morgan fingerprint density at radius 1 is 0.769 bits per heavy atom. The molecule has 7 nitrogen and oxygen atoms in total. The molecule has 0 unspecified atom stereocenters. The molecule has 3 rings (SSSR count). The van der Waals surface area contributed by atoms with Crippen molar-refractivity contribution in [3.63, 3.8) is 0 Å². The number of aliphatic hydroxyl groups excluding tert-OH is 1. The number of nitrogens with one attached hydrogen (secondary N) is 3. The molecular weight excluding hydrogens is 490 g/mol. The Balaban J connectivity index is 1.64. The highest BCUT2D eigenvalue weighted by atomic mass is 16.3. The molecule has 0 heterocycles. The summed E-state index contributed by atoms with van der Waals surface area (Å²) in [5, 5.41) is 18.7. The van der Waals surface area contributed by atoms with Crippen molar-refractivity contribution in [3.8, 4) is 0 Å². The minimum atomic E-state index is -1.18. The van der Waals surface area contributed by atoms with E-state index >= 15 is 0 Å². The SMILES string of the molecule is Cc1ccc(CNC(=O)[C@H](CCc2ccccc2)NC(=O)[C@@H](NC(=O)CCc2ccccc2C)[C@@H](C)O)cc1. The summed E-state index contributed by atoms with van der Waals surface area (Å²) in [6.07, 6.45) is 0.497. The number of benzene rings is 3. The summed E-state index contributed by atoms with van der Waals surface area (Å²) in [6, 6.07) is 23.4. The van der Waals surface area contributed by atoms with Crippen molar-refractivity contribution in [1.82, 2.24) is 16.0 Å². The molecule has 7 heteroatoms. The molecule has 3 atom stereocenters. The van der Waals surface area contributed by atoms with Gasteiger partial charge in [0.25, 0.3) is 0 Å². The molecule has 4 N–H and O–H groups in total. The second-order valence-corrected chi connectivity index (χ2v) is 10.0. The van der Waals surface area contributed by atoms with Gasteiger partial charge in [0.15, 0.2) is 0 Å². The van der Waals surface area contributed by atoms with Crippen LogP contribution in [0.3, 0.4) is 0 Å². The molecule has 0 saturated heterocycles. The van der Waals surface area contributed by atoms with Gasteiger partial charge >= 0.3 is 0 Å². The molecule has 0 radical (unpaired) electrons. The van der Waals surface area contributed by atoms with Crippen molar-refractivity contribution in [2.24, 2.45) is 0 Å². The first-order valence-electron chi connectivity index (χ1n) is 13.4. The van der Waals surface area contributed by atoms with Crippen LogP contribution in [0.4, 0.5) is 0 Å². The zero-order valence-corrected chi connectivity index (χ0v) is 22.9. The Kier molecular flexibility index (Phi) is 11.3. The number of aryl methyl sites for hydroxylation is 4. The van der Waals surface area contributed by atoms with Crippen molar-refractivity contribution in [2.45, 2.75) is 71.2 Å². The molecule has 3 aromatic carbocycles. The third-order valence-electron chi connectivity index (χ3n) is 6.75. The average molecular weight is 530 g/mol. The lowest BCUT2D eigenvalue weighted by atomic mass is 10.0. The van der Waals surface area contributed by atoms with Crippen LogP contribution in [0.15, 0.2) is 78.9 Å². The van der Waals surface area contributed by atoms with Crippen molar-refractivity contribution in [3.05, 3.63) is 107 Å². The van der Waals surface area contributed by atoms with Gasteiger partial charge in [-0.2, -0.15) is 0 Å². The lowest BCUT2D eigenvalue weighted by Gasteiger charge is -2.25. The van der Waals surface area contributed by atoms with E-state index in [-0.39, 0.29) is 18.2 Å². The van der Waals surface area contributed by atoms with Crippen LogP contribution in [0, 0.1) is 13.8 Å². The maximum atomic E-state index is 13.2. The minimum absolute atomic E-state index is 0.176. The Hall–Kier alpha value is -3.97. The fraction of sp³-hybridized carbons (Fsp3) is 0.344. The van der Waals surface area contributed by atoms with Gasteiger partial charge in [-0.05, 0) is 62.3 Å². The first kappa shape index (κ1) is 29.6. The van der Waals surface area contributed by atoms with E-state index in [2.05, 4.69) is 16.0 Å². The molecule has 0 aliphatic rings. The second kappa shape index (κ2) is 14.8. The van der Waals surface area contributed by atoms with Gasteiger partial charge in [0, 0.05) is 13.0 Å². The Labute approximate surface area is 231 Å². The van der Waals surface area contributed by atoms with Crippen molar-refractivity contribution < 1.29 is 19.5 Å². The standard InChI is InChI=1S/C32H39N3O4/c1-22-13-15-26(16-14-22)21-33-31(38)28(19-17-25-10-5-4-6-11-25)34-32(39)30(24(3)36)35-29(37)20-18-27-12-8-7-9-23(27)2/h4-16,24,28,30,36H,17-21H2,1-3H3,(H,33,38)(H,34,39)(H,35,37)/t24-,28+,30+/m1/s1. The Morgan fingerprint density at radius 2 is 1.44 bits per heavy atom. The van der Waals surface area contributed by atoms with E-state index in [1.165, 1.54) is 6.92 Å². The molecule has 3 aromatic rings. The van der Waals surface area contributed by atoms with E-state index in [1.54, 1.807) is 0 Å². The lowest BCUT2D eigenvalue weighted by molar-refractivity contribution is -0.134. The number of hydrogen-bond donors (Lipinski definition) is 4. The quantitative estimate of drug-likeness (QED) is 0.272. The first-order valence-corrected chi connectivity index (χ1v) is 13.4.